The maximum Gasteiger partial charge on any atom is 0.309 e. The third-order valence-electron chi connectivity index (χ3n) is 4.94. The van der Waals surface area contributed by atoms with Gasteiger partial charge in [0.25, 0.3) is 0 Å². The van der Waals surface area contributed by atoms with Crippen molar-refractivity contribution in [3.63, 3.8) is 0 Å². The van der Waals surface area contributed by atoms with E-state index in [2.05, 4.69) is 13.0 Å². The van der Waals surface area contributed by atoms with E-state index in [1.807, 2.05) is 19.1 Å². The lowest BCUT2D eigenvalue weighted by molar-refractivity contribution is -0.152. The van der Waals surface area contributed by atoms with Gasteiger partial charge in [0.05, 0.1) is 12.5 Å². The van der Waals surface area contributed by atoms with Gasteiger partial charge < -0.3 is 9.84 Å². The van der Waals surface area contributed by atoms with Crippen LogP contribution in [-0.2, 0) is 11.2 Å². The number of hydrogen-bond donors (Lipinski definition) is 1. The lowest BCUT2D eigenvalue weighted by Gasteiger charge is -2.38. The van der Waals surface area contributed by atoms with Gasteiger partial charge in [0.1, 0.15) is 5.75 Å². The zero-order valence-corrected chi connectivity index (χ0v) is 13.3. The lowest BCUT2D eigenvalue weighted by Crippen LogP contribution is -2.38. The Bertz CT molecular complexity index is 509. The molecule has 1 fully saturated rings. The topological polar surface area (TPSA) is 46.5 Å². The number of aliphatic carboxylic acids is 1. The van der Waals surface area contributed by atoms with Crippen LogP contribution in [0.1, 0.15) is 50.2 Å². The molecule has 21 heavy (non-hydrogen) atoms. The Hall–Kier alpha value is -1.51. The number of methoxy groups -OCH3 is 1. The molecule has 0 heterocycles. The summed E-state index contributed by atoms with van der Waals surface area (Å²) in [5.74, 6) is 0.690. The highest BCUT2D eigenvalue weighted by Gasteiger charge is 2.43. The second kappa shape index (κ2) is 6.50. The van der Waals surface area contributed by atoms with Crippen molar-refractivity contribution in [2.24, 2.45) is 11.3 Å². The molecule has 1 aromatic rings. The SMILES string of the molecule is CCC1CCCC(Cc2cc(C)ccc2OC)(C(=O)O)C1. The van der Waals surface area contributed by atoms with E-state index in [1.54, 1.807) is 7.11 Å². The van der Waals surface area contributed by atoms with Crippen molar-refractivity contribution in [2.45, 2.75) is 52.4 Å². The van der Waals surface area contributed by atoms with Gasteiger partial charge in [-0.25, -0.2) is 0 Å². The fraction of sp³-hybridized carbons (Fsp3) is 0.611. The standard InChI is InChI=1S/C18H26O3/c1-4-14-6-5-9-18(11-14,17(19)20)12-15-10-13(2)7-8-16(15)21-3/h7-8,10,14H,4-6,9,11-12H2,1-3H3,(H,19,20). The second-order valence-electron chi connectivity index (χ2n) is 6.45. The van der Waals surface area contributed by atoms with E-state index >= 15 is 0 Å². The van der Waals surface area contributed by atoms with Gasteiger partial charge in [-0.3, -0.25) is 4.79 Å². The minimum Gasteiger partial charge on any atom is -0.496 e. The van der Waals surface area contributed by atoms with Gasteiger partial charge in [-0.05, 0) is 43.7 Å². The second-order valence-corrected chi connectivity index (χ2v) is 6.45. The summed E-state index contributed by atoms with van der Waals surface area (Å²) in [6.45, 7) is 4.20. The van der Waals surface area contributed by atoms with Crippen molar-refractivity contribution in [1.82, 2.24) is 0 Å². The lowest BCUT2D eigenvalue weighted by atomic mass is 9.66. The van der Waals surface area contributed by atoms with Crippen LogP contribution in [-0.4, -0.2) is 18.2 Å². The zero-order valence-electron chi connectivity index (χ0n) is 13.3. The summed E-state index contributed by atoms with van der Waals surface area (Å²) in [6.07, 6.45) is 5.38. The predicted molar refractivity (Wildman–Crippen MR) is 83.8 cm³/mol. The van der Waals surface area contributed by atoms with E-state index < -0.39 is 11.4 Å². The number of aryl methyl sites for hydroxylation is 1. The molecule has 2 unspecified atom stereocenters. The van der Waals surface area contributed by atoms with Crippen LogP contribution in [0.3, 0.4) is 0 Å². The van der Waals surface area contributed by atoms with Crippen LogP contribution < -0.4 is 4.74 Å². The van der Waals surface area contributed by atoms with Crippen LogP contribution in [0.4, 0.5) is 0 Å². The van der Waals surface area contributed by atoms with Gasteiger partial charge in [0.15, 0.2) is 0 Å². The highest BCUT2D eigenvalue weighted by atomic mass is 16.5. The third-order valence-corrected chi connectivity index (χ3v) is 4.94. The maximum absolute atomic E-state index is 12.0. The molecule has 0 amide bonds. The molecule has 0 aliphatic heterocycles. The van der Waals surface area contributed by atoms with Crippen molar-refractivity contribution in [3.05, 3.63) is 29.3 Å². The molecule has 116 valence electrons. The Morgan fingerprint density at radius 1 is 1.48 bits per heavy atom. The van der Waals surface area contributed by atoms with Gasteiger partial charge >= 0.3 is 5.97 Å². The molecular formula is C18H26O3. The summed E-state index contributed by atoms with van der Waals surface area (Å²) in [4.78, 5) is 12.0. The van der Waals surface area contributed by atoms with Crippen LogP contribution in [0.2, 0.25) is 0 Å². The summed E-state index contributed by atoms with van der Waals surface area (Å²) in [7, 11) is 1.65. The molecule has 1 aromatic carbocycles. The molecule has 1 aliphatic carbocycles. The molecule has 0 aromatic heterocycles. The first-order valence-electron chi connectivity index (χ1n) is 7.87. The largest absolute Gasteiger partial charge is 0.496 e. The minimum atomic E-state index is -0.649. The minimum absolute atomic E-state index is 0.533. The van der Waals surface area contributed by atoms with Gasteiger partial charge in [-0.2, -0.15) is 0 Å². The summed E-state index contributed by atoms with van der Waals surface area (Å²) < 4.78 is 5.43. The highest BCUT2D eigenvalue weighted by molar-refractivity contribution is 5.75. The van der Waals surface area contributed by atoms with Gasteiger partial charge in [0, 0.05) is 0 Å². The molecule has 2 rings (SSSR count). The normalized spacial score (nSPS) is 25.6. The van der Waals surface area contributed by atoms with Crippen molar-refractivity contribution in [3.8, 4) is 5.75 Å². The molecular weight excluding hydrogens is 264 g/mol. The smallest absolute Gasteiger partial charge is 0.309 e. The fourth-order valence-corrected chi connectivity index (χ4v) is 3.67. The van der Waals surface area contributed by atoms with Gasteiger partial charge in [-0.1, -0.05) is 43.9 Å². The Labute approximate surface area is 127 Å². The van der Waals surface area contributed by atoms with Crippen molar-refractivity contribution in [1.29, 1.82) is 0 Å². The number of ether oxygens (including phenoxy) is 1. The van der Waals surface area contributed by atoms with Crippen LogP contribution in [0.15, 0.2) is 18.2 Å². The predicted octanol–water partition coefficient (Wildman–Crippen LogP) is 4.22. The maximum atomic E-state index is 12.0. The third kappa shape index (κ3) is 3.39. The quantitative estimate of drug-likeness (QED) is 0.883. The monoisotopic (exact) mass is 290 g/mol. The first-order valence-corrected chi connectivity index (χ1v) is 7.87. The average molecular weight is 290 g/mol. The molecule has 0 bridgehead atoms. The number of hydrogen-bond acceptors (Lipinski definition) is 2. The van der Waals surface area contributed by atoms with Crippen molar-refractivity contribution in [2.75, 3.05) is 7.11 Å². The van der Waals surface area contributed by atoms with Crippen LogP contribution in [0.25, 0.3) is 0 Å². The Morgan fingerprint density at radius 2 is 2.24 bits per heavy atom. The van der Waals surface area contributed by atoms with Crippen molar-refractivity contribution >= 4 is 5.97 Å². The average Bonchev–Trinajstić information content (AvgIpc) is 2.47. The Kier molecular flexibility index (Phi) is 4.92. The fourth-order valence-electron chi connectivity index (χ4n) is 3.67. The number of benzene rings is 1. The molecule has 3 heteroatoms. The first-order chi connectivity index (χ1) is 10.0. The van der Waals surface area contributed by atoms with E-state index in [9.17, 15) is 9.90 Å². The van der Waals surface area contributed by atoms with Crippen molar-refractivity contribution < 1.29 is 14.6 Å². The van der Waals surface area contributed by atoms with E-state index in [0.717, 1.165) is 49.0 Å². The highest BCUT2D eigenvalue weighted by Crippen LogP contribution is 2.44. The first kappa shape index (κ1) is 15.9. The molecule has 2 atom stereocenters. The Morgan fingerprint density at radius 3 is 2.86 bits per heavy atom. The molecule has 3 nitrogen and oxygen atoms in total. The van der Waals surface area contributed by atoms with Crippen LogP contribution >= 0.6 is 0 Å². The summed E-state index contributed by atoms with van der Waals surface area (Å²) in [5.41, 5.74) is 1.55. The molecule has 1 N–H and O–H groups in total. The van der Waals surface area contributed by atoms with Crippen LogP contribution in [0, 0.1) is 18.3 Å². The summed E-state index contributed by atoms with van der Waals surface area (Å²) >= 11 is 0. The molecule has 1 saturated carbocycles. The summed E-state index contributed by atoms with van der Waals surface area (Å²) in [6, 6.07) is 6.02. The van der Waals surface area contributed by atoms with Gasteiger partial charge in [0.2, 0.25) is 0 Å². The number of carboxylic acid groups (broad SMARTS) is 1. The molecule has 1 aliphatic rings. The molecule has 0 saturated heterocycles. The van der Waals surface area contributed by atoms with Gasteiger partial charge in [-0.15, -0.1) is 0 Å². The molecule has 0 spiro atoms. The van der Waals surface area contributed by atoms with E-state index in [-0.39, 0.29) is 0 Å². The summed E-state index contributed by atoms with van der Waals surface area (Å²) in [5, 5.41) is 9.86. The Balaban J connectivity index is 2.32. The molecule has 0 radical (unpaired) electrons. The van der Waals surface area contributed by atoms with E-state index in [1.165, 1.54) is 0 Å². The van der Waals surface area contributed by atoms with E-state index in [4.69, 9.17) is 4.74 Å². The number of carbonyl (C=O) groups is 1. The van der Waals surface area contributed by atoms with Crippen LogP contribution in [0.5, 0.6) is 5.75 Å². The number of rotatable bonds is 5. The number of carboxylic acids is 1. The van der Waals surface area contributed by atoms with E-state index in [0.29, 0.717) is 12.3 Å². The zero-order chi connectivity index (χ0) is 15.5.